The van der Waals surface area contributed by atoms with Crippen molar-refractivity contribution in [3.63, 3.8) is 0 Å². The van der Waals surface area contributed by atoms with Crippen LogP contribution in [0.4, 0.5) is 0 Å². The lowest BCUT2D eigenvalue weighted by Gasteiger charge is -2.15. The van der Waals surface area contributed by atoms with Crippen LogP contribution >= 0.6 is 0 Å². The summed E-state index contributed by atoms with van der Waals surface area (Å²) in [6.45, 7) is 4.16. The topological polar surface area (TPSA) is 85.8 Å². The molecule has 0 bridgehead atoms. The summed E-state index contributed by atoms with van der Waals surface area (Å²) in [7, 11) is 0. The van der Waals surface area contributed by atoms with E-state index in [9.17, 15) is 4.79 Å². The first-order valence-corrected chi connectivity index (χ1v) is 5.49. The fourth-order valence-corrected chi connectivity index (χ4v) is 1.67. The van der Waals surface area contributed by atoms with Gasteiger partial charge in [0.25, 0.3) is 0 Å². The van der Waals surface area contributed by atoms with Crippen LogP contribution in [0, 0.1) is 13.8 Å². The number of nitrogens with zero attached hydrogens (tertiary/aromatic N) is 3. The summed E-state index contributed by atoms with van der Waals surface area (Å²) < 4.78 is 1.72. The van der Waals surface area contributed by atoms with Crippen molar-refractivity contribution < 1.29 is 4.79 Å². The number of carbonyl (C=O) groups excluding carboxylic acids is 1. The van der Waals surface area contributed by atoms with Crippen molar-refractivity contribution in [2.75, 3.05) is 0 Å². The van der Waals surface area contributed by atoms with Gasteiger partial charge in [0.15, 0.2) is 0 Å². The monoisotopic (exact) mass is 223 g/mol. The fraction of sp³-hybridized carbons (Fsp3) is 0.700. The largest absolute Gasteiger partial charge is 0.368 e. The molecule has 1 amide bonds. The van der Waals surface area contributed by atoms with Gasteiger partial charge < -0.3 is 11.1 Å². The van der Waals surface area contributed by atoms with Crippen molar-refractivity contribution >= 4 is 5.91 Å². The molecule has 1 heterocycles. The Hall–Kier alpha value is -1.43. The predicted octanol–water partition coefficient (Wildman–Crippen LogP) is -0.499. The van der Waals surface area contributed by atoms with Gasteiger partial charge in [-0.25, -0.2) is 9.67 Å². The smallest absolute Gasteiger partial charge is 0.236 e. The Morgan fingerprint density at radius 1 is 1.62 bits per heavy atom. The molecular formula is C10H17N5O. The van der Waals surface area contributed by atoms with Crippen LogP contribution in [0.3, 0.4) is 0 Å². The highest BCUT2D eigenvalue weighted by molar-refractivity contribution is 5.79. The third kappa shape index (κ3) is 2.57. The second kappa shape index (κ2) is 4.21. The van der Waals surface area contributed by atoms with E-state index in [1.165, 1.54) is 0 Å². The van der Waals surface area contributed by atoms with Crippen molar-refractivity contribution in [2.45, 2.75) is 45.3 Å². The van der Waals surface area contributed by atoms with Gasteiger partial charge in [0.05, 0.1) is 6.54 Å². The number of aromatic nitrogens is 3. The molecule has 0 spiro atoms. The van der Waals surface area contributed by atoms with Crippen LogP contribution in [-0.2, 0) is 11.3 Å². The molecule has 1 saturated carbocycles. The summed E-state index contributed by atoms with van der Waals surface area (Å²) in [4.78, 5) is 15.5. The molecule has 6 heteroatoms. The Morgan fingerprint density at radius 3 is 2.75 bits per heavy atom. The first-order valence-electron chi connectivity index (χ1n) is 5.49. The average Bonchev–Trinajstić information content (AvgIpc) is 2.93. The molecule has 1 aliphatic rings. The van der Waals surface area contributed by atoms with E-state index in [2.05, 4.69) is 15.4 Å². The van der Waals surface area contributed by atoms with Gasteiger partial charge in [-0.2, -0.15) is 5.10 Å². The lowest BCUT2D eigenvalue weighted by Crippen LogP contribution is -2.45. The third-order valence-electron chi connectivity index (χ3n) is 2.68. The van der Waals surface area contributed by atoms with E-state index in [1.54, 1.807) is 4.68 Å². The Bertz CT molecular complexity index is 396. The van der Waals surface area contributed by atoms with Crippen molar-refractivity contribution in [1.82, 2.24) is 20.1 Å². The van der Waals surface area contributed by atoms with Crippen LogP contribution in [-0.4, -0.2) is 32.8 Å². The SMILES string of the molecule is Cc1nc(C)n(CC(NC2CC2)C(N)=O)n1. The number of hydrogen-bond donors (Lipinski definition) is 2. The molecule has 3 N–H and O–H groups in total. The molecule has 1 aromatic heterocycles. The molecule has 6 nitrogen and oxygen atoms in total. The molecule has 1 fully saturated rings. The van der Waals surface area contributed by atoms with E-state index in [1.807, 2.05) is 13.8 Å². The maximum atomic E-state index is 11.3. The minimum absolute atomic E-state index is 0.334. The number of nitrogens with two attached hydrogens (primary N) is 1. The molecule has 0 radical (unpaired) electrons. The fourth-order valence-electron chi connectivity index (χ4n) is 1.67. The highest BCUT2D eigenvalue weighted by atomic mass is 16.1. The summed E-state index contributed by atoms with van der Waals surface area (Å²) in [6, 6.07) is 0.0923. The summed E-state index contributed by atoms with van der Waals surface area (Å²) in [5.41, 5.74) is 5.35. The molecule has 1 unspecified atom stereocenters. The number of carbonyl (C=O) groups is 1. The minimum Gasteiger partial charge on any atom is -0.368 e. The van der Waals surface area contributed by atoms with Crippen molar-refractivity contribution in [3.05, 3.63) is 11.6 Å². The molecule has 0 aliphatic heterocycles. The molecule has 1 aliphatic carbocycles. The number of primary amides is 1. The van der Waals surface area contributed by atoms with Crippen LogP contribution in [0.5, 0.6) is 0 Å². The lowest BCUT2D eigenvalue weighted by molar-refractivity contribution is -0.120. The number of rotatable bonds is 5. The van der Waals surface area contributed by atoms with E-state index in [-0.39, 0.29) is 11.9 Å². The quantitative estimate of drug-likeness (QED) is 0.704. The second-order valence-electron chi connectivity index (χ2n) is 4.28. The average molecular weight is 223 g/mol. The first-order chi connectivity index (χ1) is 7.56. The van der Waals surface area contributed by atoms with Gasteiger partial charge in [-0.3, -0.25) is 4.79 Å². The maximum absolute atomic E-state index is 11.3. The number of amides is 1. The Morgan fingerprint density at radius 2 is 2.31 bits per heavy atom. The highest BCUT2D eigenvalue weighted by Gasteiger charge is 2.27. The van der Waals surface area contributed by atoms with Gasteiger partial charge in [0, 0.05) is 6.04 Å². The Kier molecular flexibility index (Phi) is 2.91. The number of hydrogen-bond acceptors (Lipinski definition) is 4. The lowest BCUT2D eigenvalue weighted by atomic mass is 10.2. The maximum Gasteiger partial charge on any atom is 0.236 e. The summed E-state index contributed by atoms with van der Waals surface area (Å²) >= 11 is 0. The molecule has 2 rings (SSSR count). The summed E-state index contributed by atoms with van der Waals surface area (Å²) in [5.74, 6) is 1.19. The van der Waals surface area contributed by atoms with Crippen molar-refractivity contribution in [2.24, 2.45) is 5.73 Å². The van der Waals surface area contributed by atoms with E-state index >= 15 is 0 Å². The number of nitrogens with one attached hydrogen (secondary N) is 1. The first kappa shape index (κ1) is 11.1. The molecule has 88 valence electrons. The predicted molar refractivity (Wildman–Crippen MR) is 58.6 cm³/mol. The molecule has 0 aromatic carbocycles. The van der Waals surface area contributed by atoms with Crippen LogP contribution in [0.2, 0.25) is 0 Å². The Balaban J connectivity index is 2.03. The summed E-state index contributed by atoms with van der Waals surface area (Å²) in [6.07, 6.45) is 2.25. The molecule has 1 atom stereocenters. The third-order valence-corrected chi connectivity index (χ3v) is 2.68. The Labute approximate surface area is 94.2 Å². The van der Waals surface area contributed by atoms with E-state index < -0.39 is 0 Å². The van der Waals surface area contributed by atoms with Gasteiger partial charge in [0.1, 0.15) is 17.7 Å². The van der Waals surface area contributed by atoms with E-state index in [4.69, 9.17) is 5.73 Å². The molecular weight excluding hydrogens is 206 g/mol. The van der Waals surface area contributed by atoms with E-state index in [0.29, 0.717) is 18.4 Å². The van der Waals surface area contributed by atoms with Gasteiger partial charge in [-0.1, -0.05) is 0 Å². The standard InChI is InChI=1S/C10H17N5O/c1-6-12-7(2)15(14-6)5-9(10(11)16)13-8-3-4-8/h8-9,13H,3-5H2,1-2H3,(H2,11,16). The second-order valence-corrected chi connectivity index (χ2v) is 4.28. The summed E-state index contributed by atoms with van der Waals surface area (Å²) in [5, 5.41) is 7.43. The van der Waals surface area contributed by atoms with Crippen LogP contribution in [0.15, 0.2) is 0 Å². The molecule has 1 aromatic rings. The van der Waals surface area contributed by atoms with Crippen LogP contribution in [0.25, 0.3) is 0 Å². The van der Waals surface area contributed by atoms with Crippen LogP contribution < -0.4 is 11.1 Å². The zero-order valence-electron chi connectivity index (χ0n) is 9.60. The minimum atomic E-state index is -0.354. The van der Waals surface area contributed by atoms with Gasteiger partial charge >= 0.3 is 0 Å². The molecule has 16 heavy (non-hydrogen) atoms. The van der Waals surface area contributed by atoms with Crippen molar-refractivity contribution in [3.8, 4) is 0 Å². The van der Waals surface area contributed by atoms with E-state index in [0.717, 1.165) is 18.7 Å². The number of aryl methyl sites for hydroxylation is 2. The van der Waals surface area contributed by atoms with Gasteiger partial charge in [-0.15, -0.1) is 0 Å². The molecule has 0 saturated heterocycles. The zero-order valence-corrected chi connectivity index (χ0v) is 9.60. The normalized spacial score (nSPS) is 17.4. The zero-order chi connectivity index (χ0) is 11.7. The van der Waals surface area contributed by atoms with Crippen LogP contribution in [0.1, 0.15) is 24.5 Å². The van der Waals surface area contributed by atoms with Crippen molar-refractivity contribution in [1.29, 1.82) is 0 Å². The van der Waals surface area contributed by atoms with Gasteiger partial charge in [0.2, 0.25) is 5.91 Å². The highest BCUT2D eigenvalue weighted by Crippen LogP contribution is 2.19. The van der Waals surface area contributed by atoms with Gasteiger partial charge in [-0.05, 0) is 26.7 Å².